The van der Waals surface area contributed by atoms with E-state index in [2.05, 4.69) is 10.5 Å². The van der Waals surface area contributed by atoms with Crippen LogP contribution >= 0.6 is 0 Å². The lowest BCUT2D eigenvalue weighted by Gasteiger charge is -2.49. The van der Waals surface area contributed by atoms with Crippen molar-refractivity contribution < 1.29 is 43.4 Å². The van der Waals surface area contributed by atoms with E-state index in [1.165, 1.54) is 0 Å². The number of halogens is 1. The largest absolute Gasteiger partial charge is 0.508 e. The Morgan fingerprint density at radius 2 is 1.95 bits per heavy atom. The Hall–Kier alpha value is -3.81. The van der Waals surface area contributed by atoms with Crippen LogP contribution in [0.1, 0.15) is 74.6 Å². The van der Waals surface area contributed by atoms with E-state index < -0.39 is 63.8 Å². The number of ketones is 2. The number of unbranched alkanes of at least 4 members (excludes halogenated alkanes) is 1. The van der Waals surface area contributed by atoms with Crippen LogP contribution in [0.5, 0.6) is 11.6 Å². The number of Topliss-reactive ketones (excluding diaryl/α,β-unsaturated/α-hetero) is 2. The molecule has 0 radical (unpaired) electrons. The minimum atomic E-state index is -2.53. The number of amides is 1. The number of allylic oxidation sites excluding steroid dienone is 1. The van der Waals surface area contributed by atoms with Crippen LogP contribution in [0, 0.1) is 17.7 Å². The second-order valence-electron chi connectivity index (χ2n) is 11.9. The Bertz CT molecular complexity index is 1520. The van der Waals surface area contributed by atoms with Gasteiger partial charge in [-0.15, -0.1) is 0 Å². The highest BCUT2D eigenvalue weighted by molar-refractivity contribution is 6.17. The number of nitrogens with zero attached hydrogens (tertiary/aromatic N) is 3. The monoisotopic (exact) mass is 600 g/mol. The van der Waals surface area contributed by atoms with Crippen LogP contribution in [0.2, 0.25) is 0 Å². The SMILES string of the molecule is CCCCOc1noc2c1C(=O)[C@@]1(O)C(O)=C3C(=O)c4c(cc(F)c(C(=O)NCCN(C)C)c4O)C[C@H]3C[C@H]1[C@@H]2N(C)C. The van der Waals surface area contributed by atoms with E-state index in [1.807, 2.05) is 6.92 Å². The van der Waals surface area contributed by atoms with E-state index in [0.29, 0.717) is 13.0 Å². The van der Waals surface area contributed by atoms with Gasteiger partial charge in [-0.2, -0.15) is 0 Å². The summed E-state index contributed by atoms with van der Waals surface area (Å²) in [5.74, 6) is -6.99. The van der Waals surface area contributed by atoms with Gasteiger partial charge in [0.25, 0.3) is 11.8 Å². The molecule has 0 spiro atoms. The Balaban J connectivity index is 1.59. The van der Waals surface area contributed by atoms with Crippen molar-refractivity contribution in [2.45, 2.75) is 44.2 Å². The number of carbonyl (C=O) groups is 3. The molecule has 5 rings (SSSR count). The highest BCUT2D eigenvalue weighted by Gasteiger charge is 2.64. The topological polar surface area (TPSA) is 166 Å². The second-order valence-corrected chi connectivity index (χ2v) is 11.9. The fraction of sp³-hybridized carbons (Fsp3) is 0.533. The molecule has 4 N–H and O–H groups in total. The molecule has 0 saturated carbocycles. The number of aromatic nitrogens is 1. The number of hydrogen-bond acceptors (Lipinski definition) is 11. The molecule has 4 atom stereocenters. The van der Waals surface area contributed by atoms with Gasteiger partial charge < -0.3 is 34.8 Å². The first-order chi connectivity index (χ1) is 20.3. The number of hydrogen-bond donors (Lipinski definition) is 4. The van der Waals surface area contributed by atoms with Crippen molar-refractivity contribution in [3.05, 3.63) is 51.2 Å². The molecule has 1 amide bonds. The number of aromatic hydroxyl groups is 1. The number of aliphatic hydroxyl groups is 2. The molecule has 3 aliphatic rings. The maximum absolute atomic E-state index is 15.2. The number of likely N-dealkylation sites (N-methyl/N-ethyl adjacent to an activating group) is 1. The summed E-state index contributed by atoms with van der Waals surface area (Å²) in [6.07, 6.45) is 1.58. The maximum Gasteiger partial charge on any atom is 0.265 e. The third kappa shape index (κ3) is 4.79. The molecular formula is C30H37FN4O8. The predicted octanol–water partition coefficient (Wildman–Crippen LogP) is 2.41. The quantitative estimate of drug-likeness (QED) is 0.312. The molecule has 1 aromatic carbocycles. The first kappa shape index (κ1) is 30.6. The van der Waals surface area contributed by atoms with Crippen molar-refractivity contribution in [1.29, 1.82) is 0 Å². The van der Waals surface area contributed by atoms with Gasteiger partial charge in [-0.05, 0) is 70.2 Å². The van der Waals surface area contributed by atoms with Gasteiger partial charge in [0, 0.05) is 24.6 Å². The summed E-state index contributed by atoms with van der Waals surface area (Å²) in [4.78, 5) is 44.2. The number of fused-ring (bicyclic) bond motifs is 4. The van der Waals surface area contributed by atoms with Gasteiger partial charge >= 0.3 is 0 Å². The Labute approximate surface area is 248 Å². The second kappa shape index (κ2) is 11.4. The highest BCUT2D eigenvalue weighted by atomic mass is 19.1. The molecule has 0 saturated heterocycles. The minimum Gasteiger partial charge on any atom is -0.508 e. The van der Waals surface area contributed by atoms with Gasteiger partial charge in [0.15, 0.2) is 17.1 Å². The summed E-state index contributed by atoms with van der Waals surface area (Å²) in [7, 11) is 7.04. The lowest BCUT2D eigenvalue weighted by Crippen LogP contribution is -2.59. The minimum absolute atomic E-state index is 0.0169. The molecule has 1 aromatic heterocycles. The van der Waals surface area contributed by atoms with Crippen LogP contribution in [0.3, 0.4) is 0 Å². The van der Waals surface area contributed by atoms with Gasteiger partial charge in [-0.25, -0.2) is 4.39 Å². The van der Waals surface area contributed by atoms with E-state index in [9.17, 15) is 29.7 Å². The number of rotatable bonds is 9. The third-order valence-electron chi connectivity index (χ3n) is 8.65. The summed E-state index contributed by atoms with van der Waals surface area (Å²) in [5, 5.41) is 41.2. The van der Waals surface area contributed by atoms with Crippen LogP contribution in [0.15, 0.2) is 21.9 Å². The van der Waals surface area contributed by atoms with Crippen molar-refractivity contribution in [2.24, 2.45) is 11.8 Å². The molecule has 0 bridgehead atoms. The molecule has 1 heterocycles. The number of benzene rings is 1. The van der Waals surface area contributed by atoms with E-state index in [1.54, 1.807) is 38.0 Å². The lowest BCUT2D eigenvalue weighted by molar-refractivity contribution is -0.0559. The van der Waals surface area contributed by atoms with Crippen molar-refractivity contribution in [3.63, 3.8) is 0 Å². The average Bonchev–Trinajstić information content (AvgIpc) is 3.33. The molecule has 3 aliphatic carbocycles. The molecule has 0 unspecified atom stereocenters. The van der Waals surface area contributed by atoms with E-state index in [-0.39, 0.29) is 59.9 Å². The van der Waals surface area contributed by atoms with Crippen LogP contribution < -0.4 is 10.1 Å². The number of carbonyl (C=O) groups excluding carboxylic acids is 3. The summed E-state index contributed by atoms with van der Waals surface area (Å²) in [6.45, 7) is 2.85. The van der Waals surface area contributed by atoms with E-state index >= 15 is 4.39 Å². The van der Waals surface area contributed by atoms with Crippen LogP contribution in [0.4, 0.5) is 4.39 Å². The molecule has 232 valence electrons. The van der Waals surface area contributed by atoms with Gasteiger partial charge in [0.1, 0.15) is 28.5 Å². The zero-order valence-corrected chi connectivity index (χ0v) is 24.9. The van der Waals surface area contributed by atoms with Gasteiger partial charge in [0.05, 0.1) is 18.2 Å². The van der Waals surface area contributed by atoms with Crippen molar-refractivity contribution in [3.8, 4) is 11.6 Å². The zero-order valence-electron chi connectivity index (χ0n) is 24.9. The molecule has 12 nitrogen and oxygen atoms in total. The Morgan fingerprint density at radius 1 is 1.23 bits per heavy atom. The standard InChI is InChI=1S/C30H37FN4O8/c1-6-7-10-42-29-21-25(43-33-29)22(35(4)5)16-12-14-11-15-13-17(31)20(28(40)32-8-9-34(2)3)24(37)18(15)23(36)19(14)26(38)30(16,41)27(21)39/h13-14,16,22,37-38,41H,6-12H2,1-5H3,(H,32,40)/t14-,16-,22-,30-/m0/s1. The Morgan fingerprint density at radius 3 is 2.60 bits per heavy atom. The maximum atomic E-state index is 15.2. The van der Waals surface area contributed by atoms with Gasteiger partial charge in [-0.3, -0.25) is 19.3 Å². The number of nitrogens with one attached hydrogen (secondary N) is 1. The summed E-state index contributed by atoms with van der Waals surface area (Å²) < 4.78 is 26.5. The summed E-state index contributed by atoms with van der Waals surface area (Å²) in [5.41, 5.74) is -3.78. The van der Waals surface area contributed by atoms with Crippen molar-refractivity contribution in [2.75, 3.05) is 47.9 Å². The zero-order chi connectivity index (χ0) is 31.4. The van der Waals surface area contributed by atoms with E-state index in [4.69, 9.17) is 9.26 Å². The van der Waals surface area contributed by atoms with Crippen LogP contribution in [-0.2, 0) is 6.42 Å². The van der Waals surface area contributed by atoms with E-state index in [0.717, 1.165) is 12.5 Å². The van der Waals surface area contributed by atoms with Crippen LogP contribution in [0.25, 0.3) is 0 Å². The number of aliphatic hydroxyl groups excluding tert-OH is 1. The third-order valence-corrected chi connectivity index (χ3v) is 8.65. The number of phenolic OH excluding ortho intramolecular Hbond substituents is 1. The molecule has 0 aliphatic heterocycles. The highest BCUT2D eigenvalue weighted by Crippen LogP contribution is 2.56. The first-order valence-corrected chi connectivity index (χ1v) is 14.4. The van der Waals surface area contributed by atoms with Gasteiger partial charge in [-0.1, -0.05) is 13.3 Å². The van der Waals surface area contributed by atoms with Crippen LogP contribution in [-0.4, -0.2) is 101 Å². The lowest BCUT2D eigenvalue weighted by atomic mass is 9.58. The normalized spacial score (nSPS) is 24.5. The molecule has 13 heteroatoms. The molecule has 43 heavy (non-hydrogen) atoms. The molecule has 2 aromatic rings. The number of ether oxygens (including phenoxy) is 1. The predicted molar refractivity (Wildman–Crippen MR) is 151 cm³/mol. The van der Waals surface area contributed by atoms with Crippen molar-refractivity contribution in [1.82, 2.24) is 20.3 Å². The fourth-order valence-corrected chi connectivity index (χ4v) is 6.56. The smallest absolute Gasteiger partial charge is 0.265 e. The first-order valence-electron chi connectivity index (χ1n) is 14.4. The molecular weight excluding hydrogens is 563 g/mol. The fourth-order valence-electron chi connectivity index (χ4n) is 6.56. The summed E-state index contributed by atoms with van der Waals surface area (Å²) in [6, 6.07) is 0.319. The average molecular weight is 601 g/mol. The molecule has 0 fully saturated rings. The Kier molecular flexibility index (Phi) is 8.09. The summed E-state index contributed by atoms with van der Waals surface area (Å²) >= 11 is 0. The van der Waals surface area contributed by atoms with Gasteiger partial charge in [0.2, 0.25) is 5.78 Å². The van der Waals surface area contributed by atoms with Crippen molar-refractivity contribution >= 4 is 17.5 Å². The number of phenols is 1.